The van der Waals surface area contributed by atoms with Gasteiger partial charge in [0.1, 0.15) is 11.6 Å². The van der Waals surface area contributed by atoms with Gasteiger partial charge in [0.15, 0.2) is 0 Å². The van der Waals surface area contributed by atoms with Crippen LogP contribution in [-0.2, 0) is 9.59 Å². The Bertz CT molecular complexity index is 409. The van der Waals surface area contributed by atoms with Crippen molar-refractivity contribution < 1.29 is 9.59 Å². The molecule has 2 fully saturated rings. The van der Waals surface area contributed by atoms with Crippen molar-refractivity contribution in [3.8, 4) is 0 Å². The minimum Gasteiger partial charge on any atom is -0.340 e. The van der Waals surface area contributed by atoms with Gasteiger partial charge in [-0.3, -0.25) is 9.59 Å². The first kappa shape index (κ1) is 16.3. The molecular formula is C17H30N2O2. The fourth-order valence-electron chi connectivity index (χ4n) is 3.86. The number of carbonyl (C=O) groups is 2. The van der Waals surface area contributed by atoms with Crippen LogP contribution in [0.1, 0.15) is 66.7 Å². The molecule has 0 aromatic heterocycles. The van der Waals surface area contributed by atoms with Gasteiger partial charge in [0, 0.05) is 6.04 Å². The fourth-order valence-corrected chi connectivity index (χ4v) is 3.86. The average molecular weight is 294 g/mol. The molecule has 0 bridgehead atoms. The lowest BCUT2D eigenvalue weighted by atomic mass is 9.81. The van der Waals surface area contributed by atoms with Crippen LogP contribution >= 0.6 is 0 Å². The van der Waals surface area contributed by atoms with Crippen LogP contribution in [0.2, 0.25) is 0 Å². The monoisotopic (exact) mass is 294 g/mol. The van der Waals surface area contributed by atoms with Gasteiger partial charge in [-0.05, 0) is 51.4 Å². The molecule has 0 spiro atoms. The summed E-state index contributed by atoms with van der Waals surface area (Å²) in [4.78, 5) is 27.3. The molecule has 4 heteroatoms. The highest BCUT2D eigenvalue weighted by molar-refractivity contribution is 5.99. The number of amides is 2. The largest absolute Gasteiger partial charge is 0.340 e. The third-order valence-electron chi connectivity index (χ3n) is 5.19. The highest BCUT2D eigenvalue weighted by Crippen LogP contribution is 2.34. The maximum Gasteiger partial charge on any atom is 0.248 e. The van der Waals surface area contributed by atoms with Crippen LogP contribution in [0, 0.1) is 11.8 Å². The topological polar surface area (TPSA) is 49.4 Å². The molecule has 1 saturated heterocycles. The van der Waals surface area contributed by atoms with Crippen molar-refractivity contribution in [3.05, 3.63) is 0 Å². The number of nitrogens with one attached hydrogen (secondary N) is 1. The van der Waals surface area contributed by atoms with E-state index in [1.54, 1.807) is 0 Å². The predicted molar refractivity (Wildman–Crippen MR) is 83.7 cm³/mol. The van der Waals surface area contributed by atoms with Gasteiger partial charge in [-0.25, -0.2) is 0 Å². The third-order valence-corrected chi connectivity index (χ3v) is 5.19. The van der Waals surface area contributed by atoms with Gasteiger partial charge < -0.3 is 10.2 Å². The molecule has 21 heavy (non-hydrogen) atoms. The Balaban J connectivity index is 2.23. The van der Waals surface area contributed by atoms with Crippen LogP contribution in [-0.4, -0.2) is 34.3 Å². The zero-order chi connectivity index (χ0) is 15.8. The Kier molecular flexibility index (Phi) is 4.64. The average Bonchev–Trinajstić information content (AvgIpc) is 2.41. The number of nitrogens with zero attached hydrogens (tertiary/aromatic N) is 1. The van der Waals surface area contributed by atoms with E-state index in [0.29, 0.717) is 0 Å². The minimum absolute atomic E-state index is 0.00668. The van der Waals surface area contributed by atoms with Crippen LogP contribution in [0.4, 0.5) is 0 Å². The van der Waals surface area contributed by atoms with Gasteiger partial charge in [-0.15, -0.1) is 0 Å². The molecule has 0 aromatic carbocycles. The molecule has 1 N–H and O–H groups in total. The highest BCUT2D eigenvalue weighted by Gasteiger charge is 2.49. The second-order valence-corrected chi connectivity index (χ2v) is 7.60. The summed E-state index contributed by atoms with van der Waals surface area (Å²) in [7, 11) is 0. The Morgan fingerprint density at radius 2 is 1.76 bits per heavy atom. The summed E-state index contributed by atoms with van der Waals surface area (Å²) in [5.41, 5.74) is -0.774. The number of carbonyl (C=O) groups excluding carboxylic acids is 2. The SMILES string of the molecule is CCC1CCC(N2C(=O)C(C)(C)NC(=O)C2C(C)C)CC1. The quantitative estimate of drug-likeness (QED) is 0.870. The second kappa shape index (κ2) is 5.98. The first-order valence-electron chi connectivity index (χ1n) is 8.42. The summed E-state index contributed by atoms with van der Waals surface area (Å²) in [5, 5.41) is 2.90. The number of hydrogen-bond acceptors (Lipinski definition) is 2. The number of rotatable bonds is 3. The van der Waals surface area contributed by atoms with Crippen LogP contribution < -0.4 is 5.32 Å². The molecule has 120 valence electrons. The maximum absolute atomic E-state index is 12.9. The summed E-state index contributed by atoms with van der Waals surface area (Å²) in [6.45, 7) is 9.93. The van der Waals surface area contributed by atoms with Crippen molar-refractivity contribution in [2.45, 2.75) is 84.3 Å². The molecule has 4 nitrogen and oxygen atoms in total. The van der Waals surface area contributed by atoms with Gasteiger partial charge in [-0.1, -0.05) is 27.2 Å². The van der Waals surface area contributed by atoms with Crippen molar-refractivity contribution in [1.29, 1.82) is 0 Å². The molecule has 1 heterocycles. The predicted octanol–water partition coefficient (Wildman–Crippen LogP) is 2.72. The lowest BCUT2D eigenvalue weighted by Gasteiger charge is -2.49. The Labute approximate surface area is 128 Å². The minimum atomic E-state index is -0.774. The van der Waals surface area contributed by atoms with Crippen LogP contribution in [0.3, 0.4) is 0 Å². The molecule has 1 unspecified atom stereocenters. The zero-order valence-corrected chi connectivity index (χ0v) is 14.1. The van der Waals surface area contributed by atoms with Gasteiger partial charge in [-0.2, -0.15) is 0 Å². The first-order valence-corrected chi connectivity index (χ1v) is 8.42. The Morgan fingerprint density at radius 1 is 1.19 bits per heavy atom. The molecule has 0 radical (unpaired) electrons. The van der Waals surface area contributed by atoms with Crippen molar-refractivity contribution in [2.24, 2.45) is 11.8 Å². The van der Waals surface area contributed by atoms with E-state index >= 15 is 0 Å². The lowest BCUT2D eigenvalue weighted by molar-refractivity contribution is -0.159. The smallest absolute Gasteiger partial charge is 0.248 e. The molecule has 2 aliphatic rings. The molecule has 1 aliphatic carbocycles. The summed E-state index contributed by atoms with van der Waals surface area (Å²) in [5.74, 6) is 1.03. The van der Waals surface area contributed by atoms with E-state index in [2.05, 4.69) is 12.2 Å². The van der Waals surface area contributed by atoms with Crippen molar-refractivity contribution in [1.82, 2.24) is 10.2 Å². The normalized spacial score (nSPS) is 33.2. The van der Waals surface area contributed by atoms with Crippen LogP contribution in [0.15, 0.2) is 0 Å². The number of hydrogen-bond donors (Lipinski definition) is 1. The molecule has 0 aromatic rings. The zero-order valence-electron chi connectivity index (χ0n) is 14.1. The van der Waals surface area contributed by atoms with Gasteiger partial charge in [0.05, 0.1) is 0 Å². The summed E-state index contributed by atoms with van der Waals surface area (Å²) >= 11 is 0. The molecule has 1 atom stereocenters. The molecule has 2 amide bonds. The van der Waals surface area contributed by atoms with E-state index in [-0.39, 0.29) is 29.8 Å². The summed E-state index contributed by atoms with van der Waals surface area (Å²) in [6.07, 6.45) is 5.66. The van der Waals surface area contributed by atoms with E-state index in [1.165, 1.54) is 19.3 Å². The van der Waals surface area contributed by atoms with Crippen molar-refractivity contribution >= 4 is 11.8 Å². The van der Waals surface area contributed by atoms with E-state index < -0.39 is 5.54 Å². The fraction of sp³-hybridized carbons (Fsp3) is 0.882. The first-order chi connectivity index (χ1) is 9.77. The van der Waals surface area contributed by atoms with Crippen LogP contribution in [0.5, 0.6) is 0 Å². The van der Waals surface area contributed by atoms with E-state index in [4.69, 9.17) is 0 Å². The molecule has 1 saturated carbocycles. The van der Waals surface area contributed by atoms with Crippen LogP contribution in [0.25, 0.3) is 0 Å². The summed E-state index contributed by atoms with van der Waals surface area (Å²) < 4.78 is 0. The second-order valence-electron chi connectivity index (χ2n) is 7.60. The highest BCUT2D eigenvalue weighted by atomic mass is 16.2. The summed E-state index contributed by atoms with van der Waals surface area (Å²) in [6, 6.07) is -0.0771. The Hall–Kier alpha value is -1.06. The Morgan fingerprint density at radius 3 is 2.24 bits per heavy atom. The number of piperazine rings is 1. The third kappa shape index (κ3) is 3.09. The van der Waals surface area contributed by atoms with Gasteiger partial charge in [0.25, 0.3) is 0 Å². The molecule has 1 aliphatic heterocycles. The van der Waals surface area contributed by atoms with E-state index in [1.807, 2.05) is 32.6 Å². The molecular weight excluding hydrogens is 264 g/mol. The molecule has 2 rings (SSSR count). The standard InChI is InChI=1S/C17H30N2O2/c1-6-12-7-9-13(10-8-12)19-14(11(2)3)15(20)18-17(4,5)16(19)21/h11-14H,6-10H2,1-5H3,(H,18,20). The van der Waals surface area contributed by atoms with E-state index in [0.717, 1.165) is 18.8 Å². The lowest BCUT2D eigenvalue weighted by Crippen LogP contribution is -2.71. The van der Waals surface area contributed by atoms with Crippen molar-refractivity contribution in [3.63, 3.8) is 0 Å². The maximum atomic E-state index is 12.9. The van der Waals surface area contributed by atoms with Gasteiger partial charge in [0.2, 0.25) is 11.8 Å². The van der Waals surface area contributed by atoms with Crippen molar-refractivity contribution in [2.75, 3.05) is 0 Å². The van der Waals surface area contributed by atoms with Gasteiger partial charge >= 0.3 is 0 Å². The van der Waals surface area contributed by atoms with E-state index in [9.17, 15) is 9.59 Å².